The van der Waals surface area contributed by atoms with Gasteiger partial charge in [-0.2, -0.15) is 4.31 Å². The molecule has 4 rings (SSSR count). The maximum atomic E-state index is 13.1. The first-order chi connectivity index (χ1) is 16.2. The molecule has 1 aromatic rings. The molecule has 0 spiro atoms. The molecule has 2 amide bonds. The summed E-state index contributed by atoms with van der Waals surface area (Å²) in [6.45, 7) is 7.67. The Balaban J connectivity index is 1.26. The topological polar surface area (TPSA) is 108 Å². The van der Waals surface area contributed by atoms with E-state index in [0.717, 1.165) is 12.8 Å². The van der Waals surface area contributed by atoms with E-state index in [1.807, 2.05) is 13.8 Å². The van der Waals surface area contributed by atoms with Gasteiger partial charge in [0.2, 0.25) is 21.8 Å². The van der Waals surface area contributed by atoms with Crippen LogP contribution in [0.1, 0.15) is 26.7 Å². The van der Waals surface area contributed by atoms with Crippen LogP contribution in [0.2, 0.25) is 0 Å². The largest absolute Gasteiger partial charge is 0.486 e. The first-order valence-electron chi connectivity index (χ1n) is 11.9. The standard InChI is InChI=1S/C23H34N4O6S/c1-17(2)24-23(29)18-5-7-25(8-6-18)16-22(28)26-9-11-27(12-10-26)34(30,31)19-3-4-20-21(15-19)33-14-13-32-20/h3-4,15,17-18H,5-14,16H2,1-2H3,(H,24,29). The molecule has 3 heterocycles. The number of hydrogen-bond donors (Lipinski definition) is 1. The second kappa shape index (κ2) is 10.5. The highest BCUT2D eigenvalue weighted by Crippen LogP contribution is 2.33. The van der Waals surface area contributed by atoms with Crippen LogP contribution in [0.25, 0.3) is 0 Å². The number of piperazine rings is 1. The number of carbonyl (C=O) groups excluding carboxylic acids is 2. The second-order valence-corrected chi connectivity index (χ2v) is 11.2. The molecule has 188 valence electrons. The zero-order chi connectivity index (χ0) is 24.3. The van der Waals surface area contributed by atoms with E-state index >= 15 is 0 Å². The third-order valence-electron chi connectivity index (χ3n) is 6.49. The highest BCUT2D eigenvalue weighted by Gasteiger charge is 2.32. The molecule has 0 saturated carbocycles. The van der Waals surface area contributed by atoms with Gasteiger partial charge in [-0.05, 0) is 51.9 Å². The third kappa shape index (κ3) is 5.64. The minimum absolute atomic E-state index is 0.00135. The number of amides is 2. The summed E-state index contributed by atoms with van der Waals surface area (Å²) in [5, 5.41) is 2.96. The molecule has 34 heavy (non-hydrogen) atoms. The summed E-state index contributed by atoms with van der Waals surface area (Å²) in [5.74, 6) is 1.08. The Hall–Kier alpha value is -2.37. The zero-order valence-electron chi connectivity index (χ0n) is 19.9. The van der Waals surface area contributed by atoms with Gasteiger partial charge in [0.15, 0.2) is 11.5 Å². The Labute approximate surface area is 201 Å². The van der Waals surface area contributed by atoms with Gasteiger partial charge in [0.05, 0.1) is 11.4 Å². The molecular weight excluding hydrogens is 460 g/mol. The van der Waals surface area contributed by atoms with Crippen molar-refractivity contribution < 1.29 is 27.5 Å². The fourth-order valence-corrected chi connectivity index (χ4v) is 6.00. The van der Waals surface area contributed by atoms with Crippen molar-refractivity contribution in [2.24, 2.45) is 5.92 Å². The lowest BCUT2D eigenvalue weighted by Gasteiger charge is -2.36. The number of fused-ring (bicyclic) bond motifs is 1. The molecule has 2 saturated heterocycles. The first-order valence-corrected chi connectivity index (χ1v) is 13.4. The Morgan fingerprint density at radius 3 is 2.29 bits per heavy atom. The minimum Gasteiger partial charge on any atom is -0.486 e. The number of hydrogen-bond acceptors (Lipinski definition) is 7. The van der Waals surface area contributed by atoms with Crippen molar-refractivity contribution in [3.8, 4) is 11.5 Å². The van der Waals surface area contributed by atoms with E-state index < -0.39 is 10.0 Å². The third-order valence-corrected chi connectivity index (χ3v) is 8.39. The highest BCUT2D eigenvalue weighted by molar-refractivity contribution is 7.89. The number of rotatable bonds is 6. The summed E-state index contributed by atoms with van der Waals surface area (Å²) in [4.78, 5) is 29.0. The van der Waals surface area contributed by atoms with Crippen molar-refractivity contribution in [1.82, 2.24) is 19.4 Å². The fourth-order valence-electron chi connectivity index (χ4n) is 4.56. The maximum Gasteiger partial charge on any atom is 0.243 e. The van der Waals surface area contributed by atoms with Gasteiger partial charge in [-0.1, -0.05) is 0 Å². The quantitative estimate of drug-likeness (QED) is 0.614. The van der Waals surface area contributed by atoms with Gasteiger partial charge in [0, 0.05) is 44.2 Å². The van der Waals surface area contributed by atoms with Gasteiger partial charge >= 0.3 is 0 Å². The van der Waals surface area contributed by atoms with Gasteiger partial charge in [0.25, 0.3) is 0 Å². The predicted octanol–water partition coefficient (Wildman–Crippen LogP) is 0.527. The van der Waals surface area contributed by atoms with Crippen LogP contribution in [0.3, 0.4) is 0 Å². The van der Waals surface area contributed by atoms with Gasteiger partial charge in [-0.3, -0.25) is 14.5 Å². The van der Waals surface area contributed by atoms with Crippen molar-refractivity contribution in [2.45, 2.75) is 37.6 Å². The van der Waals surface area contributed by atoms with E-state index in [1.165, 1.54) is 16.4 Å². The van der Waals surface area contributed by atoms with Crippen LogP contribution in [0.4, 0.5) is 0 Å². The van der Waals surface area contributed by atoms with Crippen molar-refractivity contribution in [3.05, 3.63) is 18.2 Å². The lowest BCUT2D eigenvalue weighted by atomic mass is 9.95. The molecule has 10 nitrogen and oxygen atoms in total. The van der Waals surface area contributed by atoms with Crippen LogP contribution in [0.15, 0.2) is 23.1 Å². The Bertz CT molecular complexity index is 999. The van der Waals surface area contributed by atoms with Crippen molar-refractivity contribution >= 4 is 21.8 Å². The second-order valence-electron chi connectivity index (χ2n) is 9.30. The number of piperidine rings is 1. The highest BCUT2D eigenvalue weighted by atomic mass is 32.2. The van der Waals surface area contributed by atoms with Gasteiger partial charge in [-0.25, -0.2) is 8.42 Å². The average Bonchev–Trinajstić information content (AvgIpc) is 2.83. The smallest absolute Gasteiger partial charge is 0.243 e. The monoisotopic (exact) mass is 494 g/mol. The predicted molar refractivity (Wildman–Crippen MR) is 125 cm³/mol. The normalized spacial score (nSPS) is 20.4. The van der Waals surface area contributed by atoms with E-state index in [1.54, 1.807) is 11.0 Å². The van der Waals surface area contributed by atoms with Crippen LogP contribution in [-0.2, 0) is 19.6 Å². The Morgan fingerprint density at radius 1 is 1.00 bits per heavy atom. The molecule has 0 aliphatic carbocycles. The van der Waals surface area contributed by atoms with Crippen LogP contribution in [0, 0.1) is 5.92 Å². The van der Waals surface area contributed by atoms with E-state index in [9.17, 15) is 18.0 Å². The van der Waals surface area contributed by atoms with E-state index in [0.29, 0.717) is 57.4 Å². The molecule has 0 atom stereocenters. The molecule has 2 fully saturated rings. The summed E-state index contributed by atoms with van der Waals surface area (Å²) < 4.78 is 38.6. The van der Waals surface area contributed by atoms with Crippen molar-refractivity contribution in [2.75, 3.05) is 59.0 Å². The van der Waals surface area contributed by atoms with Crippen LogP contribution < -0.4 is 14.8 Å². The summed E-state index contributed by atoms with van der Waals surface area (Å²) in [6, 6.07) is 4.79. The number of likely N-dealkylation sites (tertiary alicyclic amines) is 1. The summed E-state index contributed by atoms with van der Waals surface area (Å²) in [5.41, 5.74) is 0. The first kappa shape index (κ1) is 24.7. The molecule has 0 radical (unpaired) electrons. The van der Waals surface area contributed by atoms with Crippen LogP contribution >= 0.6 is 0 Å². The Morgan fingerprint density at radius 2 is 1.65 bits per heavy atom. The number of nitrogens with zero attached hydrogens (tertiary/aromatic N) is 3. The van der Waals surface area contributed by atoms with E-state index in [-0.39, 0.29) is 41.8 Å². The summed E-state index contributed by atoms with van der Waals surface area (Å²) >= 11 is 0. The molecule has 0 unspecified atom stereocenters. The van der Waals surface area contributed by atoms with E-state index in [2.05, 4.69) is 10.2 Å². The number of benzene rings is 1. The fraction of sp³-hybridized carbons (Fsp3) is 0.652. The molecule has 0 bridgehead atoms. The van der Waals surface area contributed by atoms with E-state index in [4.69, 9.17) is 9.47 Å². The number of nitrogens with one attached hydrogen (secondary N) is 1. The lowest BCUT2D eigenvalue weighted by molar-refractivity contribution is -0.134. The molecule has 11 heteroatoms. The summed E-state index contributed by atoms with van der Waals surface area (Å²) in [6.07, 6.45) is 1.49. The molecule has 0 aromatic heterocycles. The van der Waals surface area contributed by atoms with Gasteiger partial charge < -0.3 is 19.7 Å². The number of ether oxygens (including phenoxy) is 2. The Kier molecular flexibility index (Phi) is 7.63. The summed E-state index contributed by atoms with van der Waals surface area (Å²) in [7, 11) is -3.68. The molecule has 1 aromatic carbocycles. The van der Waals surface area contributed by atoms with Crippen molar-refractivity contribution in [1.29, 1.82) is 0 Å². The lowest BCUT2D eigenvalue weighted by Crippen LogP contribution is -2.53. The molecule has 3 aliphatic rings. The maximum absolute atomic E-state index is 13.1. The molecule has 3 aliphatic heterocycles. The average molecular weight is 495 g/mol. The van der Waals surface area contributed by atoms with Crippen LogP contribution in [-0.4, -0.2) is 99.4 Å². The van der Waals surface area contributed by atoms with Gasteiger partial charge in [-0.15, -0.1) is 0 Å². The number of sulfonamides is 1. The molecule has 1 N–H and O–H groups in total. The number of carbonyl (C=O) groups is 2. The van der Waals surface area contributed by atoms with Crippen LogP contribution in [0.5, 0.6) is 11.5 Å². The minimum atomic E-state index is -3.68. The van der Waals surface area contributed by atoms with Crippen molar-refractivity contribution in [3.63, 3.8) is 0 Å². The zero-order valence-corrected chi connectivity index (χ0v) is 20.7. The van der Waals surface area contributed by atoms with Gasteiger partial charge in [0.1, 0.15) is 13.2 Å². The molecular formula is C23H34N4O6S. The SMILES string of the molecule is CC(C)NC(=O)C1CCN(CC(=O)N2CCN(S(=O)(=O)c3ccc4c(c3)OCCO4)CC2)CC1.